The zero-order valence-corrected chi connectivity index (χ0v) is 13.1. The number of aromatic nitrogens is 3. The van der Waals surface area contributed by atoms with E-state index in [1.54, 1.807) is 25.6 Å². The van der Waals surface area contributed by atoms with Gasteiger partial charge in [-0.1, -0.05) is 25.6 Å². The predicted octanol–water partition coefficient (Wildman–Crippen LogP) is 1.23. The van der Waals surface area contributed by atoms with Gasteiger partial charge in [-0.3, -0.25) is 14.2 Å². The lowest BCUT2D eigenvalue weighted by Gasteiger charge is -2.21. The van der Waals surface area contributed by atoms with Crippen LogP contribution in [0.25, 0.3) is 0 Å². The molecule has 1 heterocycles. The van der Waals surface area contributed by atoms with Gasteiger partial charge in [-0.15, -0.1) is 10.2 Å². The molecule has 112 valence electrons. The Morgan fingerprint density at radius 3 is 2.35 bits per heavy atom. The van der Waals surface area contributed by atoms with Crippen LogP contribution in [0.15, 0.2) is 5.16 Å². The minimum atomic E-state index is -0.928. The highest BCUT2D eigenvalue weighted by molar-refractivity contribution is 7.99. The molecule has 20 heavy (non-hydrogen) atoms. The number of likely N-dealkylation sites (N-methyl/N-ethyl adjacent to an activating group) is 1. The van der Waals surface area contributed by atoms with Crippen molar-refractivity contribution in [3.63, 3.8) is 0 Å². The molecular formula is C12H20N4O3S. The largest absolute Gasteiger partial charge is 0.481 e. The van der Waals surface area contributed by atoms with Gasteiger partial charge >= 0.3 is 5.97 Å². The average Bonchev–Trinajstić information content (AvgIpc) is 2.78. The normalized spacial score (nSPS) is 12.5. The summed E-state index contributed by atoms with van der Waals surface area (Å²) in [6, 6.07) is -0.464. The highest BCUT2D eigenvalue weighted by atomic mass is 32.2. The van der Waals surface area contributed by atoms with Gasteiger partial charge in [0, 0.05) is 20.0 Å². The third-order valence-corrected chi connectivity index (χ3v) is 3.65. The Morgan fingerprint density at radius 2 is 1.90 bits per heavy atom. The van der Waals surface area contributed by atoms with E-state index in [1.165, 1.54) is 4.90 Å². The topological polar surface area (TPSA) is 88.3 Å². The number of carboxylic acid groups (broad SMARTS) is 1. The zero-order chi connectivity index (χ0) is 15.4. The number of thioether (sulfide) groups is 1. The van der Waals surface area contributed by atoms with Crippen molar-refractivity contribution >= 4 is 23.6 Å². The SMILES string of the molecule is CC(C)c1nnc(SCC(=O)O)n1C(C)C(=O)N(C)C. The molecule has 1 rings (SSSR count). The van der Waals surface area contributed by atoms with E-state index < -0.39 is 12.0 Å². The van der Waals surface area contributed by atoms with Crippen LogP contribution in [-0.4, -0.2) is 56.5 Å². The quantitative estimate of drug-likeness (QED) is 0.795. The van der Waals surface area contributed by atoms with Crippen molar-refractivity contribution in [1.82, 2.24) is 19.7 Å². The third-order valence-electron chi connectivity index (χ3n) is 2.72. The molecular weight excluding hydrogens is 280 g/mol. The van der Waals surface area contributed by atoms with Crippen LogP contribution in [0.4, 0.5) is 0 Å². The molecule has 1 aromatic rings. The molecule has 0 aliphatic heterocycles. The summed E-state index contributed by atoms with van der Waals surface area (Å²) in [6.45, 7) is 5.68. The Balaban J connectivity index is 3.14. The maximum Gasteiger partial charge on any atom is 0.313 e. The lowest BCUT2D eigenvalue weighted by Crippen LogP contribution is -2.31. The summed E-state index contributed by atoms with van der Waals surface area (Å²) < 4.78 is 1.72. The first-order valence-electron chi connectivity index (χ1n) is 6.26. The monoisotopic (exact) mass is 300 g/mol. The zero-order valence-electron chi connectivity index (χ0n) is 12.3. The maximum atomic E-state index is 12.1. The Hall–Kier alpha value is -1.57. The van der Waals surface area contributed by atoms with Crippen molar-refractivity contribution in [1.29, 1.82) is 0 Å². The van der Waals surface area contributed by atoms with Gasteiger partial charge in [0.1, 0.15) is 11.9 Å². The number of amides is 1. The van der Waals surface area contributed by atoms with Crippen molar-refractivity contribution in [3.05, 3.63) is 5.82 Å². The molecule has 0 spiro atoms. The third kappa shape index (κ3) is 3.72. The highest BCUT2D eigenvalue weighted by Gasteiger charge is 2.25. The molecule has 0 bridgehead atoms. The van der Waals surface area contributed by atoms with Crippen LogP contribution in [-0.2, 0) is 9.59 Å². The van der Waals surface area contributed by atoms with Crippen molar-refractivity contribution in [2.75, 3.05) is 19.8 Å². The van der Waals surface area contributed by atoms with Crippen molar-refractivity contribution in [3.8, 4) is 0 Å². The summed E-state index contributed by atoms with van der Waals surface area (Å²) in [4.78, 5) is 24.3. The number of nitrogens with zero attached hydrogens (tertiary/aromatic N) is 4. The molecule has 0 aliphatic rings. The summed E-state index contributed by atoms with van der Waals surface area (Å²) in [7, 11) is 3.37. The van der Waals surface area contributed by atoms with E-state index in [-0.39, 0.29) is 17.6 Å². The number of hydrogen-bond acceptors (Lipinski definition) is 5. The van der Waals surface area contributed by atoms with Gasteiger partial charge in [0.25, 0.3) is 0 Å². The van der Waals surface area contributed by atoms with Gasteiger partial charge in [-0.05, 0) is 6.92 Å². The van der Waals surface area contributed by atoms with E-state index >= 15 is 0 Å². The molecule has 0 aromatic carbocycles. The molecule has 0 aliphatic carbocycles. The van der Waals surface area contributed by atoms with Crippen LogP contribution in [0, 0.1) is 0 Å². The van der Waals surface area contributed by atoms with Crippen LogP contribution in [0.2, 0.25) is 0 Å². The smallest absolute Gasteiger partial charge is 0.313 e. The molecule has 1 aromatic heterocycles. The number of carbonyl (C=O) groups is 2. The molecule has 8 heteroatoms. The molecule has 7 nitrogen and oxygen atoms in total. The van der Waals surface area contributed by atoms with Gasteiger partial charge in [0.05, 0.1) is 5.75 Å². The molecule has 1 N–H and O–H groups in total. The number of aliphatic carboxylic acids is 1. The first-order chi connectivity index (χ1) is 9.25. The van der Waals surface area contributed by atoms with E-state index in [2.05, 4.69) is 10.2 Å². The van der Waals surface area contributed by atoms with E-state index in [4.69, 9.17) is 5.11 Å². The maximum absolute atomic E-state index is 12.1. The predicted molar refractivity (Wildman–Crippen MR) is 75.9 cm³/mol. The summed E-state index contributed by atoms with van der Waals surface area (Å²) >= 11 is 1.07. The molecule has 0 fully saturated rings. The van der Waals surface area contributed by atoms with E-state index in [9.17, 15) is 9.59 Å². The fourth-order valence-electron chi connectivity index (χ4n) is 1.75. The first-order valence-corrected chi connectivity index (χ1v) is 7.24. The van der Waals surface area contributed by atoms with Gasteiger partial charge in [0.2, 0.25) is 5.91 Å². The van der Waals surface area contributed by atoms with Crippen LogP contribution >= 0.6 is 11.8 Å². The second-order valence-corrected chi connectivity index (χ2v) is 5.90. The minimum Gasteiger partial charge on any atom is -0.481 e. The Morgan fingerprint density at radius 1 is 1.30 bits per heavy atom. The van der Waals surface area contributed by atoms with Gasteiger partial charge in [-0.2, -0.15) is 0 Å². The fourth-order valence-corrected chi connectivity index (χ4v) is 2.50. The van der Waals surface area contributed by atoms with E-state index in [0.717, 1.165) is 11.8 Å². The van der Waals surface area contributed by atoms with Crippen LogP contribution in [0.1, 0.15) is 38.6 Å². The first kappa shape index (κ1) is 16.5. The van der Waals surface area contributed by atoms with Crippen molar-refractivity contribution in [2.45, 2.75) is 37.9 Å². The summed E-state index contributed by atoms with van der Waals surface area (Å²) in [5.74, 6) is -0.343. The summed E-state index contributed by atoms with van der Waals surface area (Å²) in [6.07, 6.45) is 0. The molecule has 0 saturated heterocycles. The lowest BCUT2D eigenvalue weighted by atomic mass is 10.2. The van der Waals surface area contributed by atoms with Crippen LogP contribution in [0.5, 0.6) is 0 Å². The van der Waals surface area contributed by atoms with Crippen LogP contribution in [0.3, 0.4) is 0 Å². The second-order valence-electron chi connectivity index (χ2n) is 4.96. The van der Waals surface area contributed by atoms with Crippen LogP contribution < -0.4 is 0 Å². The second kappa shape index (κ2) is 6.74. The number of rotatable bonds is 6. The Bertz CT molecular complexity index is 499. The molecule has 0 radical (unpaired) electrons. The number of carboxylic acids is 1. The molecule has 1 unspecified atom stereocenters. The lowest BCUT2D eigenvalue weighted by molar-refractivity contribution is -0.134. The highest BCUT2D eigenvalue weighted by Crippen LogP contribution is 2.26. The molecule has 1 atom stereocenters. The average molecular weight is 300 g/mol. The van der Waals surface area contributed by atoms with Crippen molar-refractivity contribution < 1.29 is 14.7 Å². The minimum absolute atomic E-state index is 0.0797. The number of hydrogen-bond donors (Lipinski definition) is 1. The van der Waals surface area contributed by atoms with E-state index in [0.29, 0.717) is 11.0 Å². The Kier molecular flexibility index (Phi) is 5.55. The van der Waals surface area contributed by atoms with Gasteiger partial charge < -0.3 is 10.0 Å². The van der Waals surface area contributed by atoms with Gasteiger partial charge in [-0.25, -0.2) is 0 Å². The standard InChI is InChI=1S/C12H20N4O3S/c1-7(2)10-13-14-12(20-6-9(17)18)16(10)8(3)11(19)15(4)5/h7-8H,6H2,1-5H3,(H,17,18). The van der Waals surface area contributed by atoms with Gasteiger partial charge in [0.15, 0.2) is 5.16 Å². The van der Waals surface area contributed by atoms with E-state index in [1.807, 2.05) is 13.8 Å². The Labute approximate surface area is 122 Å². The molecule has 1 amide bonds. The molecule has 0 saturated carbocycles. The number of carbonyl (C=O) groups excluding carboxylic acids is 1. The summed E-state index contributed by atoms with van der Waals surface area (Å²) in [5, 5.41) is 17.3. The van der Waals surface area contributed by atoms with Crippen molar-refractivity contribution in [2.24, 2.45) is 0 Å². The fraction of sp³-hybridized carbons (Fsp3) is 0.667. The summed E-state index contributed by atoms with van der Waals surface area (Å²) in [5.41, 5.74) is 0.